The van der Waals surface area contributed by atoms with Crippen LogP contribution >= 0.6 is 0 Å². The van der Waals surface area contributed by atoms with Crippen LogP contribution in [-0.2, 0) is 6.54 Å². The van der Waals surface area contributed by atoms with E-state index in [1.807, 2.05) is 12.1 Å². The van der Waals surface area contributed by atoms with Crippen LogP contribution in [0.25, 0.3) is 10.9 Å². The van der Waals surface area contributed by atoms with Crippen LogP contribution in [-0.4, -0.2) is 15.6 Å². The maximum Gasteiger partial charge on any atom is 0.170 e. The Kier molecular flexibility index (Phi) is 3.15. The number of fused-ring (bicyclic) bond motifs is 1. The zero-order valence-corrected chi connectivity index (χ0v) is 10.9. The third-order valence-corrected chi connectivity index (χ3v) is 4.10. The Balaban J connectivity index is 1.90. The molecule has 0 aliphatic heterocycles. The van der Waals surface area contributed by atoms with E-state index in [-0.39, 0.29) is 5.84 Å². The van der Waals surface area contributed by atoms with Gasteiger partial charge in [-0.3, -0.25) is 0 Å². The highest BCUT2D eigenvalue weighted by Crippen LogP contribution is 2.28. The van der Waals surface area contributed by atoms with Gasteiger partial charge in [0.25, 0.3) is 0 Å². The average Bonchev–Trinajstić information content (AvgIpc) is 3.08. The molecule has 19 heavy (non-hydrogen) atoms. The van der Waals surface area contributed by atoms with Gasteiger partial charge in [0.15, 0.2) is 5.84 Å². The first-order chi connectivity index (χ1) is 9.28. The zero-order chi connectivity index (χ0) is 13.2. The van der Waals surface area contributed by atoms with Crippen molar-refractivity contribution in [2.75, 3.05) is 0 Å². The van der Waals surface area contributed by atoms with Crippen molar-refractivity contribution in [1.29, 1.82) is 0 Å². The molecule has 0 spiro atoms. The maximum absolute atomic E-state index is 8.71. The SMILES string of the molecule is N/C(=N/O)c1ccc2c(ccn2CC2CCCC2)c1. The monoisotopic (exact) mass is 257 g/mol. The van der Waals surface area contributed by atoms with Gasteiger partial charge in [0, 0.05) is 29.2 Å². The standard InChI is InChI=1S/C15H19N3O/c16-15(17-19)13-5-6-14-12(9-13)7-8-18(14)10-11-3-1-2-4-11/h5-9,11,19H,1-4,10H2,(H2,16,17). The summed E-state index contributed by atoms with van der Waals surface area (Å²) in [5.41, 5.74) is 7.60. The van der Waals surface area contributed by atoms with E-state index in [1.54, 1.807) is 0 Å². The molecule has 1 aliphatic rings. The van der Waals surface area contributed by atoms with Crippen LogP contribution in [0.1, 0.15) is 31.2 Å². The Hall–Kier alpha value is -1.97. The van der Waals surface area contributed by atoms with E-state index >= 15 is 0 Å². The average molecular weight is 257 g/mol. The summed E-state index contributed by atoms with van der Waals surface area (Å²) >= 11 is 0. The summed E-state index contributed by atoms with van der Waals surface area (Å²) in [4.78, 5) is 0. The van der Waals surface area contributed by atoms with Gasteiger partial charge in [-0.1, -0.05) is 18.0 Å². The Morgan fingerprint density at radius 2 is 2.11 bits per heavy atom. The van der Waals surface area contributed by atoms with Gasteiger partial charge < -0.3 is 15.5 Å². The lowest BCUT2D eigenvalue weighted by Crippen LogP contribution is -2.12. The van der Waals surface area contributed by atoms with Crippen molar-refractivity contribution in [3.63, 3.8) is 0 Å². The Morgan fingerprint density at radius 1 is 1.32 bits per heavy atom. The van der Waals surface area contributed by atoms with E-state index < -0.39 is 0 Å². The first-order valence-electron chi connectivity index (χ1n) is 6.85. The molecule has 3 N–H and O–H groups in total. The summed E-state index contributed by atoms with van der Waals surface area (Å²) in [6.07, 6.45) is 7.58. The third-order valence-electron chi connectivity index (χ3n) is 4.10. The first-order valence-corrected chi connectivity index (χ1v) is 6.85. The van der Waals surface area contributed by atoms with Gasteiger partial charge in [-0.25, -0.2) is 0 Å². The molecule has 1 aromatic carbocycles. The number of amidine groups is 1. The van der Waals surface area contributed by atoms with Crippen molar-refractivity contribution in [3.05, 3.63) is 36.0 Å². The number of nitrogens with zero attached hydrogens (tertiary/aromatic N) is 2. The molecule has 3 rings (SSSR count). The number of aromatic nitrogens is 1. The van der Waals surface area contributed by atoms with Gasteiger partial charge in [0.1, 0.15) is 0 Å². The number of oxime groups is 1. The highest BCUT2D eigenvalue weighted by Gasteiger charge is 2.16. The van der Waals surface area contributed by atoms with Crippen LogP contribution in [0.4, 0.5) is 0 Å². The summed E-state index contributed by atoms with van der Waals surface area (Å²) < 4.78 is 2.32. The predicted octanol–water partition coefficient (Wildman–Crippen LogP) is 2.93. The fourth-order valence-corrected chi connectivity index (χ4v) is 3.05. The van der Waals surface area contributed by atoms with E-state index in [4.69, 9.17) is 10.9 Å². The van der Waals surface area contributed by atoms with Gasteiger partial charge in [-0.05, 0) is 43.0 Å². The molecule has 1 fully saturated rings. The number of nitrogens with two attached hydrogens (primary N) is 1. The molecule has 0 radical (unpaired) electrons. The zero-order valence-electron chi connectivity index (χ0n) is 10.9. The molecular weight excluding hydrogens is 238 g/mol. The van der Waals surface area contributed by atoms with Crippen molar-refractivity contribution in [3.8, 4) is 0 Å². The summed E-state index contributed by atoms with van der Waals surface area (Å²) in [6.45, 7) is 1.10. The Labute approximate surface area is 112 Å². The second kappa shape index (κ2) is 4.96. The van der Waals surface area contributed by atoms with Crippen LogP contribution in [0.2, 0.25) is 0 Å². The van der Waals surface area contributed by atoms with Crippen molar-refractivity contribution >= 4 is 16.7 Å². The molecule has 4 heteroatoms. The van der Waals surface area contributed by atoms with Gasteiger partial charge in [-0.15, -0.1) is 0 Å². The molecule has 0 amide bonds. The number of benzene rings is 1. The topological polar surface area (TPSA) is 63.5 Å². The minimum atomic E-state index is 0.158. The smallest absolute Gasteiger partial charge is 0.170 e. The van der Waals surface area contributed by atoms with Gasteiger partial charge in [0.2, 0.25) is 0 Å². The largest absolute Gasteiger partial charge is 0.409 e. The van der Waals surface area contributed by atoms with Crippen LogP contribution in [0.3, 0.4) is 0 Å². The summed E-state index contributed by atoms with van der Waals surface area (Å²) in [7, 11) is 0. The van der Waals surface area contributed by atoms with Crippen LogP contribution in [0.5, 0.6) is 0 Å². The molecule has 0 unspecified atom stereocenters. The molecular formula is C15H19N3O. The van der Waals surface area contributed by atoms with Crippen LogP contribution < -0.4 is 5.73 Å². The van der Waals surface area contributed by atoms with Crippen LogP contribution in [0, 0.1) is 5.92 Å². The van der Waals surface area contributed by atoms with E-state index in [0.717, 1.165) is 23.4 Å². The van der Waals surface area contributed by atoms with E-state index in [0.29, 0.717) is 0 Å². The summed E-state index contributed by atoms with van der Waals surface area (Å²) in [6, 6.07) is 8.02. The Bertz CT molecular complexity index is 609. The minimum absolute atomic E-state index is 0.158. The van der Waals surface area contributed by atoms with Crippen molar-refractivity contribution in [2.24, 2.45) is 16.8 Å². The van der Waals surface area contributed by atoms with Gasteiger partial charge in [-0.2, -0.15) is 0 Å². The summed E-state index contributed by atoms with van der Waals surface area (Å²) in [5.74, 6) is 0.977. The lowest BCUT2D eigenvalue weighted by Gasteiger charge is -2.11. The fraction of sp³-hybridized carbons (Fsp3) is 0.400. The Morgan fingerprint density at radius 3 is 2.84 bits per heavy atom. The summed E-state index contributed by atoms with van der Waals surface area (Å²) in [5, 5.41) is 12.9. The lowest BCUT2D eigenvalue weighted by molar-refractivity contribution is 0.318. The lowest BCUT2D eigenvalue weighted by atomic mass is 10.1. The van der Waals surface area contributed by atoms with E-state index in [9.17, 15) is 0 Å². The highest BCUT2D eigenvalue weighted by atomic mass is 16.4. The van der Waals surface area contributed by atoms with Gasteiger partial charge in [0.05, 0.1) is 0 Å². The maximum atomic E-state index is 8.71. The quantitative estimate of drug-likeness (QED) is 0.384. The predicted molar refractivity (Wildman–Crippen MR) is 76.4 cm³/mol. The van der Waals surface area contributed by atoms with E-state index in [2.05, 4.69) is 28.1 Å². The molecule has 2 aromatic rings. The molecule has 100 valence electrons. The van der Waals surface area contributed by atoms with E-state index in [1.165, 1.54) is 31.2 Å². The number of rotatable bonds is 3. The molecule has 1 aliphatic carbocycles. The van der Waals surface area contributed by atoms with Crippen molar-refractivity contribution in [2.45, 2.75) is 32.2 Å². The molecule has 4 nitrogen and oxygen atoms in total. The second-order valence-electron chi connectivity index (χ2n) is 5.38. The van der Waals surface area contributed by atoms with Crippen molar-refractivity contribution < 1.29 is 5.21 Å². The third kappa shape index (κ3) is 2.30. The fourth-order valence-electron chi connectivity index (χ4n) is 3.05. The number of hydrogen-bond acceptors (Lipinski definition) is 2. The highest BCUT2D eigenvalue weighted by molar-refractivity contribution is 6.00. The molecule has 1 aromatic heterocycles. The molecule has 0 bridgehead atoms. The van der Waals surface area contributed by atoms with Gasteiger partial charge >= 0.3 is 0 Å². The second-order valence-corrected chi connectivity index (χ2v) is 5.38. The minimum Gasteiger partial charge on any atom is -0.409 e. The number of hydrogen-bond donors (Lipinski definition) is 2. The normalized spacial score (nSPS) is 17.4. The van der Waals surface area contributed by atoms with Crippen molar-refractivity contribution in [1.82, 2.24) is 4.57 Å². The first kappa shape index (κ1) is 12.1. The molecule has 0 saturated heterocycles. The molecule has 1 heterocycles. The molecule has 0 atom stereocenters. The van der Waals surface area contributed by atoms with Crippen LogP contribution in [0.15, 0.2) is 35.6 Å². The molecule has 1 saturated carbocycles.